The first kappa shape index (κ1) is 15.6. The molecule has 7 nitrogen and oxygen atoms in total. The second-order valence-electron chi connectivity index (χ2n) is 4.54. The van der Waals surface area contributed by atoms with Crippen LogP contribution < -0.4 is 19.5 Å². The van der Waals surface area contributed by atoms with Crippen molar-refractivity contribution in [1.82, 2.24) is 10.0 Å². The molecule has 21 heavy (non-hydrogen) atoms. The van der Waals surface area contributed by atoms with Gasteiger partial charge in [0.15, 0.2) is 11.5 Å². The number of nitrogens with one attached hydrogen (secondary N) is 2. The maximum absolute atomic E-state index is 12.1. The Morgan fingerprint density at radius 1 is 1.19 bits per heavy atom. The molecule has 0 aromatic heterocycles. The summed E-state index contributed by atoms with van der Waals surface area (Å²) in [7, 11) is -3.59. The number of carbonyl (C=O) groups is 1. The van der Waals surface area contributed by atoms with E-state index in [-0.39, 0.29) is 17.3 Å². The van der Waals surface area contributed by atoms with E-state index in [1.54, 1.807) is 6.07 Å². The largest absolute Gasteiger partial charge is 0.486 e. The summed E-state index contributed by atoms with van der Waals surface area (Å²) < 4.78 is 37.4. The maximum atomic E-state index is 12.1. The first-order valence-electron chi connectivity index (χ1n) is 6.63. The number of fused-ring (bicyclic) bond motifs is 1. The van der Waals surface area contributed by atoms with Crippen molar-refractivity contribution in [2.75, 3.05) is 26.3 Å². The zero-order valence-electron chi connectivity index (χ0n) is 11.7. The smallest absolute Gasteiger partial charge is 0.240 e. The normalized spacial score (nSPS) is 13.8. The lowest BCUT2D eigenvalue weighted by Gasteiger charge is -2.18. The topological polar surface area (TPSA) is 93.7 Å². The van der Waals surface area contributed by atoms with E-state index < -0.39 is 10.0 Å². The first-order chi connectivity index (χ1) is 9.99. The lowest BCUT2D eigenvalue weighted by atomic mass is 10.3. The highest BCUT2D eigenvalue weighted by Gasteiger charge is 2.18. The van der Waals surface area contributed by atoms with Crippen molar-refractivity contribution in [3.8, 4) is 11.5 Å². The van der Waals surface area contributed by atoms with E-state index >= 15 is 0 Å². The molecule has 1 heterocycles. The molecule has 116 valence electrons. The number of benzene rings is 1. The quantitative estimate of drug-likeness (QED) is 0.735. The highest BCUT2D eigenvalue weighted by atomic mass is 32.2. The Morgan fingerprint density at radius 2 is 1.90 bits per heavy atom. The molecule has 0 saturated carbocycles. The van der Waals surface area contributed by atoms with Gasteiger partial charge >= 0.3 is 0 Å². The Kier molecular flexibility index (Phi) is 5.03. The SMILES string of the molecule is CC(=O)NCCCNS(=O)(=O)c1ccc2c(c1)OCCO2. The number of carbonyl (C=O) groups excluding carboxylic acids is 1. The van der Waals surface area contributed by atoms with E-state index in [0.29, 0.717) is 37.7 Å². The summed E-state index contributed by atoms with van der Waals surface area (Å²) in [6.45, 7) is 2.95. The number of hydrogen-bond donors (Lipinski definition) is 2. The minimum absolute atomic E-state index is 0.131. The van der Waals surface area contributed by atoms with Crippen LogP contribution in [0.5, 0.6) is 11.5 Å². The van der Waals surface area contributed by atoms with Crippen LogP contribution in [-0.2, 0) is 14.8 Å². The van der Waals surface area contributed by atoms with Crippen LogP contribution in [0.3, 0.4) is 0 Å². The highest BCUT2D eigenvalue weighted by molar-refractivity contribution is 7.89. The first-order valence-corrected chi connectivity index (χ1v) is 8.11. The van der Waals surface area contributed by atoms with Gasteiger partial charge in [-0.2, -0.15) is 0 Å². The average Bonchev–Trinajstić information content (AvgIpc) is 2.46. The van der Waals surface area contributed by atoms with Crippen molar-refractivity contribution in [3.63, 3.8) is 0 Å². The Balaban J connectivity index is 1.94. The van der Waals surface area contributed by atoms with Gasteiger partial charge in [0, 0.05) is 26.1 Å². The Bertz CT molecular complexity index is 615. The maximum Gasteiger partial charge on any atom is 0.240 e. The molecule has 0 spiro atoms. The van der Waals surface area contributed by atoms with Crippen LogP contribution in [0.1, 0.15) is 13.3 Å². The molecule has 2 N–H and O–H groups in total. The third-order valence-electron chi connectivity index (χ3n) is 2.84. The van der Waals surface area contributed by atoms with Gasteiger partial charge in [-0.25, -0.2) is 13.1 Å². The number of hydrogen-bond acceptors (Lipinski definition) is 5. The van der Waals surface area contributed by atoms with Crippen molar-refractivity contribution < 1.29 is 22.7 Å². The van der Waals surface area contributed by atoms with E-state index in [9.17, 15) is 13.2 Å². The van der Waals surface area contributed by atoms with Crippen molar-refractivity contribution >= 4 is 15.9 Å². The molecule has 1 aromatic rings. The van der Waals surface area contributed by atoms with Crippen LogP contribution in [0.2, 0.25) is 0 Å². The molecule has 0 atom stereocenters. The van der Waals surface area contributed by atoms with Gasteiger partial charge in [0.2, 0.25) is 15.9 Å². The minimum atomic E-state index is -3.59. The van der Waals surface area contributed by atoms with Gasteiger partial charge in [-0.1, -0.05) is 0 Å². The monoisotopic (exact) mass is 314 g/mol. The summed E-state index contributed by atoms with van der Waals surface area (Å²) in [5.41, 5.74) is 0. The fraction of sp³-hybridized carbons (Fsp3) is 0.462. The van der Waals surface area contributed by atoms with Crippen LogP contribution in [0, 0.1) is 0 Å². The average molecular weight is 314 g/mol. The van der Waals surface area contributed by atoms with Crippen molar-refractivity contribution in [2.24, 2.45) is 0 Å². The van der Waals surface area contributed by atoms with Crippen LogP contribution in [0.25, 0.3) is 0 Å². The molecular weight excluding hydrogens is 296 g/mol. The predicted octanol–water partition coefficient (Wildman–Crippen LogP) is 0.262. The second-order valence-corrected chi connectivity index (χ2v) is 6.31. The highest BCUT2D eigenvalue weighted by Crippen LogP contribution is 2.32. The van der Waals surface area contributed by atoms with Crippen LogP contribution in [0.4, 0.5) is 0 Å². The van der Waals surface area contributed by atoms with E-state index in [1.807, 2.05) is 0 Å². The van der Waals surface area contributed by atoms with Gasteiger partial charge in [-0.3, -0.25) is 4.79 Å². The second kappa shape index (κ2) is 6.77. The lowest BCUT2D eigenvalue weighted by Crippen LogP contribution is -2.29. The Labute approximate surface area is 123 Å². The summed E-state index contributed by atoms with van der Waals surface area (Å²) in [5, 5.41) is 2.60. The fourth-order valence-corrected chi connectivity index (χ4v) is 2.92. The number of amides is 1. The standard InChI is InChI=1S/C13H18N2O5S/c1-10(16)14-5-2-6-15-21(17,18)11-3-4-12-13(9-11)20-8-7-19-12/h3-4,9,15H,2,5-8H2,1H3,(H,14,16). The molecule has 1 aromatic carbocycles. The molecule has 1 aliphatic rings. The van der Waals surface area contributed by atoms with E-state index in [4.69, 9.17) is 9.47 Å². The predicted molar refractivity (Wildman–Crippen MR) is 75.9 cm³/mol. The molecule has 0 radical (unpaired) electrons. The summed E-state index contributed by atoms with van der Waals surface area (Å²) in [6.07, 6.45) is 0.517. The summed E-state index contributed by atoms with van der Waals surface area (Å²) in [6, 6.07) is 4.51. The number of sulfonamides is 1. The molecule has 0 aliphatic carbocycles. The van der Waals surface area contributed by atoms with Crippen LogP contribution in [-0.4, -0.2) is 40.6 Å². The summed E-state index contributed by atoms with van der Waals surface area (Å²) in [5.74, 6) is 0.845. The summed E-state index contributed by atoms with van der Waals surface area (Å²) >= 11 is 0. The van der Waals surface area contributed by atoms with Gasteiger partial charge in [0.05, 0.1) is 4.90 Å². The van der Waals surface area contributed by atoms with Crippen LogP contribution >= 0.6 is 0 Å². The molecule has 1 aliphatic heterocycles. The molecule has 0 bridgehead atoms. The number of ether oxygens (including phenoxy) is 2. The molecule has 8 heteroatoms. The van der Waals surface area contributed by atoms with Crippen molar-refractivity contribution in [1.29, 1.82) is 0 Å². The molecule has 0 unspecified atom stereocenters. The van der Waals surface area contributed by atoms with E-state index in [0.717, 1.165) is 0 Å². The minimum Gasteiger partial charge on any atom is -0.486 e. The Morgan fingerprint density at radius 3 is 2.62 bits per heavy atom. The third-order valence-corrected chi connectivity index (χ3v) is 4.30. The van der Waals surface area contributed by atoms with E-state index in [1.165, 1.54) is 19.1 Å². The molecule has 0 fully saturated rings. The van der Waals surface area contributed by atoms with Gasteiger partial charge in [-0.05, 0) is 18.6 Å². The summed E-state index contributed by atoms with van der Waals surface area (Å²) in [4.78, 5) is 10.8. The zero-order chi connectivity index (χ0) is 15.3. The fourth-order valence-electron chi connectivity index (χ4n) is 1.83. The molecule has 1 amide bonds. The molecule has 0 saturated heterocycles. The van der Waals surface area contributed by atoms with Gasteiger partial charge < -0.3 is 14.8 Å². The Hall–Kier alpha value is -1.80. The molecular formula is C13H18N2O5S. The third kappa shape index (κ3) is 4.33. The van der Waals surface area contributed by atoms with Gasteiger partial charge in [-0.15, -0.1) is 0 Å². The zero-order valence-corrected chi connectivity index (χ0v) is 12.5. The molecule has 2 rings (SSSR count). The van der Waals surface area contributed by atoms with Crippen LogP contribution in [0.15, 0.2) is 23.1 Å². The van der Waals surface area contributed by atoms with Gasteiger partial charge in [0.25, 0.3) is 0 Å². The number of rotatable bonds is 6. The lowest BCUT2D eigenvalue weighted by molar-refractivity contribution is -0.118. The van der Waals surface area contributed by atoms with Gasteiger partial charge in [0.1, 0.15) is 13.2 Å². The van der Waals surface area contributed by atoms with Crippen molar-refractivity contribution in [2.45, 2.75) is 18.2 Å². The van der Waals surface area contributed by atoms with E-state index in [2.05, 4.69) is 10.0 Å². The van der Waals surface area contributed by atoms with Crippen molar-refractivity contribution in [3.05, 3.63) is 18.2 Å².